The van der Waals surface area contributed by atoms with Crippen LogP contribution in [0.3, 0.4) is 0 Å². The SMILES string of the molecule is CCC1c2nc(Cc3ccccc3)c(o2)N(Cc2ccccc2)Cc2cn(nn2)CCCCN1Cc1ccc(OC)c(OC)c1. The second-order valence-corrected chi connectivity index (χ2v) is 11.6. The van der Waals surface area contributed by atoms with Gasteiger partial charge in [-0.15, -0.1) is 5.10 Å². The predicted molar refractivity (Wildman–Crippen MR) is 174 cm³/mol. The van der Waals surface area contributed by atoms with Crippen LogP contribution in [0.1, 0.15) is 66.2 Å². The summed E-state index contributed by atoms with van der Waals surface area (Å²) >= 11 is 0. The number of anilines is 1. The van der Waals surface area contributed by atoms with Gasteiger partial charge in [-0.05, 0) is 54.6 Å². The van der Waals surface area contributed by atoms with E-state index in [1.807, 2.05) is 22.9 Å². The summed E-state index contributed by atoms with van der Waals surface area (Å²) in [6.07, 6.45) is 5.59. The van der Waals surface area contributed by atoms with Crippen LogP contribution in [0.4, 0.5) is 5.88 Å². The van der Waals surface area contributed by atoms with Crippen LogP contribution in [-0.4, -0.2) is 45.6 Å². The molecule has 0 spiro atoms. The number of aromatic nitrogens is 4. The number of hydrogen-bond acceptors (Lipinski definition) is 8. The molecule has 0 amide bonds. The molecular formula is C36H42N6O3. The van der Waals surface area contributed by atoms with E-state index in [-0.39, 0.29) is 6.04 Å². The number of benzene rings is 3. The largest absolute Gasteiger partial charge is 0.493 e. The summed E-state index contributed by atoms with van der Waals surface area (Å²) in [6, 6.07) is 27.1. The molecule has 0 fully saturated rings. The maximum absolute atomic E-state index is 6.89. The van der Waals surface area contributed by atoms with Crippen molar-refractivity contribution < 1.29 is 13.9 Å². The highest BCUT2D eigenvalue weighted by Gasteiger charge is 2.29. The van der Waals surface area contributed by atoms with E-state index < -0.39 is 0 Å². The van der Waals surface area contributed by atoms with Crippen LogP contribution in [0.25, 0.3) is 0 Å². The number of hydrogen-bond donors (Lipinski definition) is 0. The quantitative estimate of drug-likeness (QED) is 0.181. The van der Waals surface area contributed by atoms with E-state index in [2.05, 4.69) is 93.9 Å². The van der Waals surface area contributed by atoms with E-state index >= 15 is 0 Å². The van der Waals surface area contributed by atoms with Crippen LogP contribution in [-0.2, 0) is 32.6 Å². The van der Waals surface area contributed by atoms with Crippen molar-refractivity contribution in [3.8, 4) is 11.5 Å². The summed E-state index contributed by atoms with van der Waals surface area (Å²) in [5.74, 6) is 2.99. The van der Waals surface area contributed by atoms with Gasteiger partial charge in [0.25, 0.3) is 0 Å². The van der Waals surface area contributed by atoms with Gasteiger partial charge >= 0.3 is 0 Å². The van der Waals surface area contributed by atoms with Gasteiger partial charge < -0.3 is 18.8 Å². The normalized spacial score (nSPS) is 15.9. The van der Waals surface area contributed by atoms with E-state index in [9.17, 15) is 0 Å². The Bertz CT molecular complexity index is 1650. The van der Waals surface area contributed by atoms with Crippen LogP contribution >= 0.6 is 0 Å². The lowest BCUT2D eigenvalue weighted by molar-refractivity contribution is 0.152. The molecule has 0 N–H and O–H groups in total. The first kappa shape index (κ1) is 30.4. The molecule has 0 radical (unpaired) electrons. The minimum absolute atomic E-state index is 0.00601. The lowest BCUT2D eigenvalue weighted by atomic mass is 10.1. The summed E-state index contributed by atoms with van der Waals surface area (Å²) < 4.78 is 20.0. The first-order chi connectivity index (χ1) is 22.1. The minimum atomic E-state index is -0.00601. The van der Waals surface area contributed by atoms with Crippen LogP contribution in [0.2, 0.25) is 0 Å². The van der Waals surface area contributed by atoms with Crippen molar-refractivity contribution in [3.63, 3.8) is 0 Å². The molecule has 0 saturated heterocycles. The summed E-state index contributed by atoms with van der Waals surface area (Å²) in [7, 11) is 3.34. The molecule has 5 aromatic rings. The number of methoxy groups -OCH3 is 2. The van der Waals surface area contributed by atoms with E-state index in [1.165, 1.54) is 11.1 Å². The zero-order chi connectivity index (χ0) is 31.0. The maximum Gasteiger partial charge on any atom is 0.220 e. The highest BCUT2D eigenvalue weighted by Crippen LogP contribution is 2.35. The smallest absolute Gasteiger partial charge is 0.220 e. The van der Waals surface area contributed by atoms with Gasteiger partial charge in [0.2, 0.25) is 11.8 Å². The average molecular weight is 607 g/mol. The molecule has 9 heteroatoms. The Balaban J connectivity index is 1.42. The second-order valence-electron chi connectivity index (χ2n) is 11.6. The number of ether oxygens (including phenoxy) is 2. The number of aryl methyl sites for hydroxylation is 1. The van der Waals surface area contributed by atoms with Gasteiger partial charge in [0.15, 0.2) is 11.5 Å². The fourth-order valence-electron chi connectivity index (χ4n) is 6.11. The zero-order valence-electron chi connectivity index (χ0n) is 26.4. The van der Waals surface area contributed by atoms with Crippen LogP contribution in [0, 0.1) is 0 Å². The van der Waals surface area contributed by atoms with Crippen molar-refractivity contribution in [2.75, 3.05) is 25.7 Å². The van der Waals surface area contributed by atoms with Gasteiger partial charge in [-0.3, -0.25) is 9.58 Å². The lowest BCUT2D eigenvalue weighted by Crippen LogP contribution is -2.30. The molecule has 1 aliphatic heterocycles. The van der Waals surface area contributed by atoms with E-state index in [0.29, 0.717) is 19.5 Å². The highest BCUT2D eigenvalue weighted by molar-refractivity contribution is 5.46. The third-order valence-electron chi connectivity index (χ3n) is 8.38. The topological polar surface area (TPSA) is 81.7 Å². The van der Waals surface area contributed by atoms with Gasteiger partial charge in [0.05, 0.1) is 33.0 Å². The first-order valence-corrected chi connectivity index (χ1v) is 15.8. The number of oxazole rings is 1. The second kappa shape index (κ2) is 14.4. The zero-order valence-corrected chi connectivity index (χ0v) is 26.4. The Hall–Kier alpha value is -4.63. The Kier molecular flexibility index (Phi) is 9.75. The van der Waals surface area contributed by atoms with Gasteiger partial charge in [-0.1, -0.05) is 78.9 Å². The van der Waals surface area contributed by atoms with E-state index in [1.54, 1.807) is 14.2 Å². The third kappa shape index (κ3) is 7.37. The number of rotatable bonds is 9. The molecule has 234 valence electrons. The third-order valence-corrected chi connectivity index (χ3v) is 8.38. The fraction of sp³-hybridized carbons (Fsp3) is 0.361. The standard InChI is InChI=1S/C36H42N6O3/c1-4-32-35-37-31(21-27-13-7-5-8-14-27)36(45-35)41(23-28-15-9-6-10-16-28)25-30-26-42(39-38-30)20-12-11-19-40(32)24-29-17-18-33(43-2)34(22-29)44-3/h5-10,13-18,22,26,32H,4,11-12,19-21,23-25H2,1-3H3. The van der Waals surface area contributed by atoms with E-state index in [0.717, 1.165) is 79.1 Å². The molecular weight excluding hydrogens is 564 g/mol. The van der Waals surface area contributed by atoms with Crippen molar-refractivity contribution in [1.82, 2.24) is 24.9 Å². The Labute approximate surface area is 265 Å². The monoisotopic (exact) mass is 606 g/mol. The van der Waals surface area contributed by atoms with Crippen molar-refractivity contribution in [2.24, 2.45) is 0 Å². The van der Waals surface area contributed by atoms with E-state index in [4.69, 9.17) is 18.9 Å². The molecule has 45 heavy (non-hydrogen) atoms. The maximum atomic E-state index is 6.89. The molecule has 1 atom stereocenters. The summed E-state index contributed by atoms with van der Waals surface area (Å²) in [5.41, 5.74) is 5.37. The molecule has 6 rings (SSSR count). The van der Waals surface area contributed by atoms with Crippen molar-refractivity contribution in [1.29, 1.82) is 0 Å². The summed E-state index contributed by atoms with van der Waals surface area (Å²) in [4.78, 5) is 10.0. The Morgan fingerprint density at radius 3 is 2.29 bits per heavy atom. The molecule has 0 saturated carbocycles. The molecule has 4 bridgehead atoms. The lowest BCUT2D eigenvalue weighted by Gasteiger charge is -2.29. The predicted octanol–water partition coefficient (Wildman–Crippen LogP) is 6.83. The van der Waals surface area contributed by atoms with Gasteiger partial charge in [-0.2, -0.15) is 0 Å². The molecule has 3 heterocycles. The highest BCUT2D eigenvalue weighted by atomic mass is 16.5. The number of nitrogens with zero attached hydrogens (tertiary/aromatic N) is 6. The number of fused-ring (bicyclic) bond motifs is 4. The van der Waals surface area contributed by atoms with Gasteiger partial charge in [0, 0.05) is 26.1 Å². The van der Waals surface area contributed by atoms with Gasteiger partial charge in [0.1, 0.15) is 11.4 Å². The van der Waals surface area contributed by atoms with Crippen LogP contribution in [0.5, 0.6) is 11.5 Å². The van der Waals surface area contributed by atoms with Crippen LogP contribution < -0.4 is 14.4 Å². The first-order valence-electron chi connectivity index (χ1n) is 15.8. The molecule has 1 unspecified atom stereocenters. The fourth-order valence-corrected chi connectivity index (χ4v) is 6.11. The molecule has 9 nitrogen and oxygen atoms in total. The molecule has 1 aliphatic rings. The molecule has 0 aliphatic carbocycles. The summed E-state index contributed by atoms with van der Waals surface area (Å²) in [6.45, 7) is 5.88. The Morgan fingerprint density at radius 2 is 1.56 bits per heavy atom. The van der Waals surface area contributed by atoms with Crippen molar-refractivity contribution in [2.45, 2.75) is 64.8 Å². The molecule has 2 aromatic heterocycles. The van der Waals surface area contributed by atoms with Crippen molar-refractivity contribution in [3.05, 3.63) is 119 Å². The minimum Gasteiger partial charge on any atom is -0.493 e. The Morgan fingerprint density at radius 1 is 0.822 bits per heavy atom. The van der Waals surface area contributed by atoms with Crippen molar-refractivity contribution >= 4 is 5.88 Å². The molecule has 3 aromatic carbocycles. The van der Waals surface area contributed by atoms with Crippen LogP contribution in [0.15, 0.2) is 89.5 Å². The summed E-state index contributed by atoms with van der Waals surface area (Å²) in [5, 5.41) is 9.01. The van der Waals surface area contributed by atoms with Gasteiger partial charge in [-0.25, -0.2) is 4.98 Å². The average Bonchev–Trinajstić information content (AvgIpc) is 3.70.